The number of fused-ring (bicyclic) bond motifs is 1. The zero-order chi connectivity index (χ0) is 17.4. The van der Waals surface area contributed by atoms with Gasteiger partial charge in [0.15, 0.2) is 11.3 Å². The number of rotatable bonds is 2. The van der Waals surface area contributed by atoms with Crippen molar-refractivity contribution < 1.29 is 4.79 Å². The van der Waals surface area contributed by atoms with Crippen LogP contribution in [0.15, 0.2) is 35.4 Å². The number of carbonyl (C=O) groups is 1. The molecule has 0 bridgehead atoms. The first-order chi connectivity index (χ1) is 12.1. The Labute approximate surface area is 147 Å². The van der Waals surface area contributed by atoms with E-state index in [9.17, 15) is 9.59 Å². The highest BCUT2D eigenvalue weighted by Gasteiger charge is 2.24. The van der Waals surface area contributed by atoms with E-state index < -0.39 is 5.69 Å². The number of carbonyl (C=O) groups excluding carboxylic acids is 1. The standard InChI is InChI=1S/C16H15ClN6O2/c17-11-4-6-12(7-5-11)23-16(25)22-10-18-13(14(22)19-20-23)15(24)21-8-2-1-3-9-21/h4-7,10H,1-3,8-9H2. The fraction of sp³-hybridized carbons (Fsp3) is 0.312. The Hall–Kier alpha value is -2.74. The third-order valence-corrected chi connectivity index (χ3v) is 4.53. The molecular weight excluding hydrogens is 344 g/mol. The van der Waals surface area contributed by atoms with E-state index in [1.807, 2.05) is 0 Å². The van der Waals surface area contributed by atoms with E-state index in [0.29, 0.717) is 23.8 Å². The van der Waals surface area contributed by atoms with Crippen LogP contribution in [-0.2, 0) is 0 Å². The van der Waals surface area contributed by atoms with Crippen molar-refractivity contribution in [1.29, 1.82) is 0 Å². The number of benzene rings is 1. The van der Waals surface area contributed by atoms with Crippen LogP contribution >= 0.6 is 11.6 Å². The van der Waals surface area contributed by atoms with Gasteiger partial charge in [0.2, 0.25) is 0 Å². The Kier molecular flexibility index (Phi) is 3.96. The van der Waals surface area contributed by atoms with Gasteiger partial charge in [-0.3, -0.25) is 4.79 Å². The number of imidazole rings is 1. The van der Waals surface area contributed by atoms with E-state index in [0.717, 1.165) is 23.9 Å². The summed E-state index contributed by atoms with van der Waals surface area (Å²) in [7, 11) is 0. The molecule has 3 aromatic rings. The van der Waals surface area contributed by atoms with Crippen LogP contribution in [0.1, 0.15) is 29.8 Å². The summed E-state index contributed by atoms with van der Waals surface area (Å²) in [6.45, 7) is 1.40. The first-order valence-electron chi connectivity index (χ1n) is 8.03. The highest BCUT2D eigenvalue weighted by Crippen LogP contribution is 2.15. The predicted octanol–water partition coefficient (Wildman–Crippen LogP) is 1.55. The number of halogens is 1. The molecule has 0 atom stereocenters. The molecule has 4 rings (SSSR count). The van der Waals surface area contributed by atoms with E-state index in [1.54, 1.807) is 29.2 Å². The summed E-state index contributed by atoms with van der Waals surface area (Å²) in [4.78, 5) is 31.2. The monoisotopic (exact) mass is 358 g/mol. The van der Waals surface area contributed by atoms with E-state index >= 15 is 0 Å². The van der Waals surface area contributed by atoms with Crippen LogP contribution in [0.4, 0.5) is 0 Å². The number of nitrogens with zero attached hydrogens (tertiary/aromatic N) is 6. The predicted molar refractivity (Wildman–Crippen MR) is 91.1 cm³/mol. The first kappa shape index (κ1) is 15.8. The molecule has 0 radical (unpaired) electrons. The lowest BCUT2D eigenvalue weighted by atomic mass is 10.1. The zero-order valence-corrected chi connectivity index (χ0v) is 14.1. The Morgan fingerprint density at radius 3 is 2.52 bits per heavy atom. The Bertz CT molecular complexity index is 988. The molecule has 1 saturated heterocycles. The van der Waals surface area contributed by atoms with Gasteiger partial charge in [-0.15, -0.1) is 5.10 Å². The lowest BCUT2D eigenvalue weighted by Gasteiger charge is -2.25. The molecule has 1 amide bonds. The second-order valence-corrected chi connectivity index (χ2v) is 6.34. The smallest absolute Gasteiger partial charge is 0.337 e. The van der Waals surface area contributed by atoms with Gasteiger partial charge in [0.1, 0.15) is 6.33 Å². The lowest BCUT2D eigenvalue weighted by Crippen LogP contribution is -2.36. The van der Waals surface area contributed by atoms with Gasteiger partial charge in [0, 0.05) is 18.1 Å². The van der Waals surface area contributed by atoms with Crippen molar-refractivity contribution in [3.8, 4) is 5.69 Å². The number of likely N-dealkylation sites (tertiary alicyclic amines) is 1. The van der Waals surface area contributed by atoms with Crippen molar-refractivity contribution in [2.75, 3.05) is 13.1 Å². The second kappa shape index (κ2) is 6.29. The summed E-state index contributed by atoms with van der Waals surface area (Å²) in [5, 5.41) is 8.55. The largest absolute Gasteiger partial charge is 0.357 e. The maximum Gasteiger partial charge on any atom is 0.357 e. The number of aromatic nitrogens is 5. The van der Waals surface area contributed by atoms with Gasteiger partial charge >= 0.3 is 5.69 Å². The van der Waals surface area contributed by atoms with Gasteiger partial charge in [-0.2, -0.15) is 4.68 Å². The van der Waals surface area contributed by atoms with Crippen molar-refractivity contribution in [2.24, 2.45) is 0 Å². The van der Waals surface area contributed by atoms with Crippen molar-refractivity contribution in [3.63, 3.8) is 0 Å². The normalized spacial score (nSPS) is 14.8. The van der Waals surface area contributed by atoms with Gasteiger partial charge in [0.25, 0.3) is 5.91 Å². The minimum absolute atomic E-state index is 0.162. The minimum atomic E-state index is -0.447. The number of piperidine rings is 1. The van der Waals surface area contributed by atoms with Crippen LogP contribution in [0.2, 0.25) is 5.02 Å². The maximum atomic E-state index is 12.7. The molecule has 128 valence electrons. The average molecular weight is 359 g/mol. The van der Waals surface area contributed by atoms with Gasteiger partial charge in [-0.1, -0.05) is 16.8 Å². The third-order valence-electron chi connectivity index (χ3n) is 4.28. The van der Waals surface area contributed by atoms with Gasteiger partial charge in [-0.05, 0) is 43.5 Å². The van der Waals surface area contributed by atoms with Crippen molar-refractivity contribution in [3.05, 3.63) is 51.8 Å². The first-order valence-corrected chi connectivity index (χ1v) is 8.41. The van der Waals surface area contributed by atoms with Crippen molar-refractivity contribution in [2.45, 2.75) is 19.3 Å². The average Bonchev–Trinajstić information content (AvgIpc) is 3.08. The summed E-state index contributed by atoms with van der Waals surface area (Å²) >= 11 is 5.87. The Balaban J connectivity index is 1.75. The third kappa shape index (κ3) is 2.78. The quantitative estimate of drug-likeness (QED) is 0.694. The van der Waals surface area contributed by atoms with E-state index in [1.165, 1.54) is 10.7 Å². The van der Waals surface area contributed by atoms with Crippen LogP contribution in [0.5, 0.6) is 0 Å². The summed E-state index contributed by atoms with van der Waals surface area (Å²) in [5.74, 6) is -0.208. The minimum Gasteiger partial charge on any atom is -0.337 e. The second-order valence-electron chi connectivity index (χ2n) is 5.90. The summed E-state index contributed by atoms with van der Waals surface area (Å²) in [6.07, 6.45) is 4.40. The zero-order valence-electron chi connectivity index (χ0n) is 13.3. The van der Waals surface area contributed by atoms with E-state index in [2.05, 4.69) is 15.3 Å². The molecule has 0 saturated carbocycles. The Morgan fingerprint density at radius 1 is 1.08 bits per heavy atom. The van der Waals surface area contributed by atoms with Crippen LogP contribution in [0, 0.1) is 0 Å². The van der Waals surface area contributed by atoms with E-state index in [4.69, 9.17) is 11.6 Å². The topological polar surface area (TPSA) is 85.4 Å². The van der Waals surface area contributed by atoms with Gasteiger partial charge in [0.05, 0.1) is 5.69 Å². The van der Waals surface area contributed by atoms with Crippen LogP contribution in [0.25, 0.3) is 11.3 Å². The summed E-state index contributed by atoms with van der Waals surface area (Å²) in [6, 6.07) is 6.66. The molecule has 0 spiro atoms. The molecule has 9 heteroatoms. The number of hydrogen-bond acceptors (Lipinski definition) is 5. The molecule has 3 heterocycles. The molecule has 1 aliphatic rings. The molecule has 0 aliphatic carbocycles. The molecule has 0 N–H and O–H groups in total. The van der Waals surface area contributed by atoms with Crippen LogP contribution < -0.4 is 5.69 Å². The molecule has 0 unspecified atom stereocenters. The molecule has 8 nitrogen and oxygen atoms in total. The van der Waals surface area contributed by atoms with Crippen molar-refractivity contribution in [1.82, 2.24) is 29.3 Å². The van der Waals surface area contributed by atoms with Crippen molar-refractivity contribution >= 4 is 23.2 Å². The lowest BCUT2D eigenvalue weighted by molar-refractivity contribution is 0.0720. The summed E-state index contributed by atoms with van der Waals surface area (Å²) < 4.78 is 2.37. The molecular formula is C16H15ClN6O2. The maximum absolute atomic E-state index is 12.7. The molecule has 2 aromatic heterocycles. The fourth-order valence-corrected chi connectivity index (χ4v) is 3.07. The van der Waals surface area contributed by atoms with Crippen LogP contribution in [0.3, 0.4) is 0 Å². The van der Waals surface area contributed by atoms with Crippen LogP contribution in [-0.4, -0.2) is 48.3 Å². The SMILES string of the molecule is O=C(c1ncn2c(=O)n(-c3ccc(Cl)cc3)nnc12)N1CCCCC1. The molecule has 25 heavy (non-hydrogen) atoms. The number of amides is 1. The summed E-state index contributed by atoms with van der Waals surface area (Å²) in [5.41, 5.74) is 0.416. The molecule has 1 aromatic carbocycles. The fourth-order valence-electron chi connectivity index (χ4n) is 2.95. The van der Waals surface area contributed by atoms with Gasteiger partial charge < -0.3 is 4.90 Å². The molecule has 1 fully saturated rings. The molecule has 1 aliphatic heterocycles. The highest BCUT2D eigenvalue weighted by atomic mass is 35.5. The van der Waals surface area contributed by atoms with Gasteiger partial charge in [-0.25, -0.2) is 14.2 Å². The Morgan fingerprint density at radius 2 is 1.80 bits per heavy atom. The highest BCUT2D eigenvalue weighted by molar-refractivity contribution is 6.30. The number of hydrogen-bond donors (Lipinski definition) is 0. The van der Waals surface area contributed by atoms with E-state index in [-0.39, 0.29) is 17.2 Å².